The standard InChI is InChI=1S/C12H14FNO4/c1-14(7-6-10(15)16)11(12(17)18)8-2-4-9(13)5-3-8/h2-5,11H,6-7H2,1H3,(H,15,16)(H,17,18). The Morgan fingerprint density at radius 3 is 2.28 bits per heavy atom. The molecule has 0 aliphatic carbocycles. The molecule has 0 aliphatic heterocycles. The van der Waals surface area contributed by atoms with Crippen LogP contribution >= 0.6 is 0 Å². The van der Waals surface area contributed by atoms with Crippen molar-refractivity contribution in [3.05, 3.63) is 35.6 Å². The first-order valence-electron chi connectivity index (χ1n) is 5.32. The fourth-order valence-electron chi connectivity index (χ4n) is 1.63. The lowest BCUT2D eigenvalue weighted by molar-refractivity contribution is -0.144. The Labute approximate surface area is 103 Å². The van der Waals surface area contributed by atoms with Gasteiger partial charge in [-0.3, -0.25) is 14.5 Å². The Morgan fingerprint density at radius 1 is 1.28 bits per heavy atom. The van der Waals surface area contributed by atoms with Crippen molar-refractivity contribution in [3.63, 3.8) is 0 Å². The average Bonchev–Trinajstić information content (AvgIpc) is 2.29. The zero-order chi connectivity index (χ0) is 13.7. The topological polar surface area (TPSA) is 77.8 Å². The highest BCUT2D eigenvalue weighted by Crippen LogP contribution is 2.20. The van der Waals surface area contributed by atoms with Gasteiger partial charge in [0.25, 0.3) is 0 Å². The van der Waals surface area contributed by atoms with Crippen molar-refractivity contribution in [2.75, 3.05) is 13.6 Å². The van der Waals surface area contributed by atoms with Crippen molar-refractivity contribution in [1.82, 2.24) is 4.90 Å². The highest BCUT2D eigenvalue weighted by atomic mass is 19.1. The summed E-state index contributed by atoms with van der Waals surface area (Å²) in [6, 6.07) is 4.13. The van der Waals surface area contributed by atoms with E-state index in [9.17, 15) is 14.0 Å². The summed E-state index contributed by atoms with van der Waals surface area (Å²) in [5.74, 6) is -2.55. The van der Waals surface area contributed by atoms with Crippen LogP contribution in [0.4, 0.5) is 4.39 Å². The molecular weight excluding hydrogens is 241 g/mol. The Kier molecular flexibility index (Phi) is 4.79. The first-order chi connectivity index (χ1) is 8.41. The maximum Gasteiger partial charge on any atom is 0.325 e. The number of carbonyl (C=O) groups is 2. The second-order valence-electron chi connectivity index (χ2n) is 3.92. The van der Waals surface area contributed by atoms with Crippen molar-refractivity contribution in [2.24, 2.45) is 0 Å². The zero-order valence-electron chi connectivity index (χ0n) is 9.84. The second-order valence-corrected chi connectivity index (χ2v) is 3.92. The van der Waals surface area contributed by atoms with Crippen LogP contribution < -0.4 is 0 Å². The van der Waals surface area contributed by atoms with Gasteiger partial charge in [-0.2, -0.15) is 0 Å². The number of carboxylic acid groups (broad SMARTS) is 2. The number of likely N-dealkylation sites (N-methyl/N-ethyl adjacent to an activating group) is 1. The molecule has 0 fully saturated rings. The van der Waals surface area contributed by atoms with E-state index in [2.05, 4.69) is 0 Å². The van der Waals surface area contributed by atoms with Crippen molar-refractivity contribution >= 4 is 11.9 Å². The third kappa shape index (κ3) is 3.81. The van der Waals surface area contributed by atoms with E-state index < -0.39 is 23.8 Å². The molecule has 0 aliphatic rings. The molecule has 1 rings (SSSR count). The van der Waals surface area contributed by atoms with Gasteiger partial charge in [0.05, 0.1) is 6.42 Å². The molecule has 5 nitrogen and oxygen atoms in total. The molecule has 0 aromatic heterocycles. The molecule has 1 aromatic carbocycles. The van der Waals surface area contributed by atoms with Crippen molar-refractivity contribution in [3.8, 4) is 0 Å². The van der Waals surface area contributed by atoms with Crippen LogP contribution in [0.25, 0.3) is 0 Å². The van der Waals surface area contributed by atoms with Gasteiger partial charge in [-0.05, 0) is 24.7 Å². The minimum atomic E-state index is -1.10. The number of hydrogen-bond donors (Lipinski definition) is 2. The molecule has 0 saturated carbocycles. The number of nitrogens with zero attached hydrogens (tertiary/aromatic N) is 1. The third-order valence-corrected chi connectivity index (χ3v) is 2.54. The van der Waals surface area contributed by atoms with Gasteiger partial charge in [-0.1, -0.05) is 12.1 Å². The summed E-state index contributed by atoms with van der Waals surface area (Å²) in [5, 5.41) is 17.7. The SMILES string of the molecule is CN(CCC(=O)O)C(C(=O)O)c1ccc(F)cc1. The average molecular weight is 255 g/mol. The van der Waals surface area contributed by atoms with Crippen molar-refractivity contribution in [2.45, 2.75) is 12.5 Å². The van der Waals surface area contributed by atoms with Gasteiger partial charge < -0.3 is 10.2 Å². The quantitative estimate of drug-likeness (QED) is 0.802. The van der Waals surface area contributed by atoms with Crippen molar-refractivity contribution in [1.29, 1.82) is 0 Å². The van der Waals surface area contributed by atoms with E-state index >= 15 is 0 Å². The normalized spacial score (nSPS) is 12.4. The lowest BCUT2D eigenvalue weighted by atomic mass is 10.1. The number of aliphatic carboxylic acids is 2. The van der Waals surface area contributed by atoms with E-state index in [0.717, 1.165) is 0 Å². The molecule has 98 valence electrons. The van der Waals surface area contributed by atoms with E-state index in [1.54, 1.807) is 0 Å². The number of carboxylic acids is 2. The van der Waals surface area contributed by atoms with Crippen LogP contribution in [0.2, 0.25) is 0 Å². The van der Waals surface area contributed by atoms with Crippen LogP contribution in [0.3, 0.4) is 0 Å². The number of hydrogen-bond acceptors (Lipinski definition) is 3. The van der Waals surface area contributed by atoms with E-state index in [1.807, 2.05) is 0 Å². The van der Waals surface area contributed by atoms with Gasteiger partial charge in [-0.25, -0.2) is 4.39 Å². The van der Waals surface area contributed by atoms with E-state index in [-0.39, 0.29) is 13.0 Å². The van der Waals surface area contributed by atoms with Crippen molar-refractivity contribution < 1.29 is 24.2 Å². The summed E-state index contributed by atoms with van der Waals surface area (Å²) in [4.78, 5) is 23.0. The lowest BCUT2D eigenvalue weighted by Gasteiger charge is -2.24. The first-order valence-corrected chi connectivity index (χ1v) is 5.32. The van der Waals surface area contributed by atoms with Crippen LogP contribution in [0.1, 0.15) is 18.0 Å². The predicted molar refractivity (Wildman–Crippen MR) is 61.7 cm³/mol. The Hall–Kier alpha value is -1.95. The fraction of sp³-hybridized carbons (Fsp3) is 0.333. The minimum absolute atomic E-state index is 0.101. The highest BCUT2D eigenvalue weighted by molar-refractivity contribution is 5.75. The Bertz CT molecular complexity index is 432. The summed E-state index contributed by atoms with van der Waals surface area (Å²) < 4.78 is 12.8. The van der Waals surface area contributed by atoms with Crippen LogP contribution in [0.15, 0.2) is 24.3 Å². The monoisotopic (exact) mass is 255 g/mol. The molecule has 0 bridgehead atoms. The lowest BCUT2D eigenvalue weighted by Crippen LogP contribution is -2.32. The van der Waals surface area contributed by atoms with Crippen LogP contribution in [0.5, 0.6) is 0 Å². The van der Waals surface area contributed by atoms with Crippen LogP contribution in [0, 0.1) is 5.82 Å². The first kappa shape index (κ1) is 14.1. The molecule has 0 spiro atoms. The molecule has 18 heavy (non-hydrogen) atoms. The summed E-state index contributed by atoms with van der Waals surface area (Å²) in [6.45, 7) is 0.101. The summed E-state index contributed by atoms with van der Waals surface area (Å²) in [6.07, 6.45) is -0.151. The maximum atomic E-state index is 12.8. The van der Waals surface area contributed by atoms with Gasteiger partial charge >= 0.3 is 11.9 Å². The van der Waals surface area contributed by atoms with Gasteiger partial charge in [0.15, 0.2) is 0 Å². The molecule has 0 amide bonds. The summed E-state index contributed by atoms with van der Waals surface area (Å²) in [7, 11) is 1.52. The van der Waals surface area contributed by atoms with E-state index in [4.69, 9.17) is 10.2 Å². The molecular formula is C12H14FNO4. The van der Waals surface area contributed by atoms with Gasteiger partial charge in [-0.15, -0.1) is 0 Å². The minimum Gasteiger partial charge on any atom is -0.481 e. The van der Waals surface area contributed by atoms with Gasteiger partial charge in [0.1, 0.15) is 11.9 Å². The highest BCUT2D eigenvalue weighted by Gasteiger charge is 2.24. The second kappa shape index (κ2) is 6.11. The number of halogens is 1. The van der Waals surface area contributed by atoms with E-state index in [0.29, 0.717) is 5.56 Å². The predicted octanol–water partition coefficient (Wildman–Crippen LogP) is 1.36. The fourth-order valence-corrected chi connectivity index (χ4v) is 1.63. The summed E-state index contributed by atoms with van der Waals surface area (Å²) in [5.41, 5.74) is 0.414. The molecule has 0 saturated heterocycles. The van der Waals surface area contributed by atoms with Gasteiger partial charge in [0, 0.05) is 6.54 Å². The molecule has 0 heterocycles. The summed E-state index contributed by atoms with van der Waals surface area (Å²) >= 11 is 0. The third-order valence-electron chi connectivity index (χ3n) is 2.54. The largest absolute Gasteiger partial charge is 0.481 e. The molecule has 1 atom stereocenters. The molecule has 2 N–H and O–H groups in total. The van der Waals surface area contributed by atoms with E-state index in [1.165, 1.54) is 36.2 Å². The molecule has 1 unspecified atom stereocenters. The Morgan fingerprint density at radius 2 is 1.83 bits per heavy atom. The van der Waals surface area contributed by atoms with Crippen LogP contribution in [-0.2, 0) is 9.59 Å². The molecule has 1 aromatic rings. The van der Waals surface area contributed by atoms with Crippen LogP contribution in [-0.4, -0.2) is 40.6 Å². The molecule has 0 radical (unpaired) electrons. The van der Waals surface area contributed by atoms with Gasteiger partial charge in [0.2, 0.25) is 0 Å². The number of benzene rings is 1. The zero-order valence-corrected chi connectivity index (χ0v) is 9.84. The smallest absolute Gasteiger partial charge is 0.325 e. The molecule has 6 heteroatoms. The number of rotatable bonds is 6. The Balaban J connectivity index is 2.85. The maximum absolute atomic E-state index is 12.8.